The molecular weight excluding hydrogens is 338 g/mol. The summed E-state index contributed by atoms with van der Waals surface area (Å²) in [4.78, 5) is 25.4. The Kier molecular flexibility index (Phi) is 6.99. The highest BCUT2D eigenvalue weighted by Gasteiger charge is 2.26. The largest absolute Gasteiger partial charge is 0.465 e. The fraction of sp³-hybridized carbons (Fsp3) is 0.579. The molecule has 0 saturated carbocycles. The molecule has 1 aromatic carbocycles. The minimum absolute atomic E-state index is 0.196. The summed E-state index contributed by atoms with van der Waals surface area (Å²) in [5, 5.41) is 0. The number of carbonyl (C=O) groups excluding carboxylic acids is 2. The Morgan fingerprint density at radius 2 is 1.73 bits per heavy atom. The van der Waals surface area contributed by atoms with Crippen LogP contribution in [0.2, 0.25) is 0 Å². The van der Waals surface area contributed by atoms with Crippen molar-refractivity contribution < 1.29 is 28.5 Å². The Morgan fingerprint density at radius 3 is 2.27 bits per heavy atom. The number of rotatable bonds is 7. The van der Waals surface area contributed by atoms with Crippen molar-refractivity contribution in [2.75, 3.05) is 26.8 Å². The van der Waals surface area contributed by atoms with Crippen LogP contribution in [-0.2, 0) is 19.0 Å². The van der Waals surface area contributed by atoms with Crippen molar-refractivity contribution in [1.82, 2.24) is 4.90 Å². The molecule has 1 heterocycles. The minimum atomic E-state index is -0.686. The Labute approximate surface area is 154 Å². The van der Waals surface area contributed by atoms with Gasteiger partial charge in [-0.1, -0.05) is 0 Å². The van der Waals surface area contributed by atoms with Crippen molar-refractivity contribution >= 4 is 11.9 Å². The molecule has 0 amide bonds. The summed E-state index contributed by atoms with van der Waals surface area (Å²) in [6.45, 7) is 6.89. The Morgan fingerprint density at radius 1 is 1.12 bits per heavy atom. The SMILES string of the molecule is COC(=O)c1ccc(OC(OCC(=O)OC(C)(C)C)N2CCCC2)cc1. The zero-order valence-electron chi connectivity index (χ0n) is 15.8. The van der Waals surface area contributed by atoms with E-state index >= 15 is 0 Å². The highest BCUT2D eigenvalue weighted by molar-refractivity contribution is 5.89. The van der Waals surface area contributed by atoms with E-state index in [0.29, 0.717) is 11.3 Å². The van der Waals surface area contributed by atoms with Gasteiger partial charge in [-0.3, -0.25) is 0 Å². The predicted molar refractivity (Wildman–Crippen MR) is 94.8 cm³/mol. The third-order valence-corrected chi connectivity index (χ3v) is 3.71. The third-order valence-electron chi connectivity index (χ3n) is 3.71. The number of carbonyl (C=O) groups is 2. The first-order chi connectivity index (χ1) is 12.3. The summed E-state index contributed by atoms with van der Waals surface area (Å²) >= 11 is 0. The maximum absolute atomic E-state index is 11.9. The van der Waals surface area contributed by atoms with Crippen LogP contribution in [0.5, 0.6) is 5.75 Å². The molecule has 1 aliphatic heterocycles. The molecule has 1 aliphatic rings. The lowest BCUT2D eigenvalue weighted by molar-refractivity contribution is -0.192. The molecule has 1 atom stereocenters. The van der Waals surface area contributed by atoms with Crippen molar-refractivity contribution in [2.45, 2.75) is 45.6 Å². The Hall–Kier alpha value is -2.12. The summed E-state index contributed by atoms with van der Waals surface area (Å²) in [7, 11) is 1.33. The van der Waals surface area contributed by atoms with Gasteiger partial charge < -0.3 is 18.9 Å². The third kappa shape index (κ3) is 6.31. The highest BCUT2D eigenvalue weighted by Crippen LogP contribution is 2.20. The molecule has 0 spiro atoms. The van der Waals surface area contributed by atoms with Crippen molar-refractivity contribution in [3.05, 3.63) is 29.8 Å². The molecule has 0 aliphatic carbocycles. The molecule has 144 valence electrons. The topological polar surface area (TPSA) is 74.3 Å². The summed E-state index contributed by atoms with van der Waals surface area (Å²) < 4.78 is 21.5. The van der Waals surface area contributed by atoms with E-state index in [1.807, 2.05) is 25.7 Å². The van der Waals surface area contributed by atoms with E-state index in [1.54, 1.807) is 24.3 Å². The lowest BCUT2D eigenvalue weighted by atomic mass is 10.2. The average molecular weight is 365 g/mol. The molecule has 2 rings (SSSR count). The highest BCUT2D eigenvalue weighted by atomic mass is 16.7. The molecule has 1 unspecified atom stereocenters. The molecule has 0 N–H and O–H groups in total. The van der Waals surface area contributed by atoms with Gasteiger partial charge in [0.2, 0.25) is 0 Å². The van der Waals surface area contributed by atoms with E-state index in [2.05, 4.69) is 4.74 Å². The normalized spacial score (nSPS) is 16.2. The number of benzene rings is 1. The van der Waals surface area contributed by atoms with Gasteiger partial charge in [-0.25, -0.2) is 14.5 Å². The molecule has 0 bridgehead atoms. The second-order valence-corrected chi connectivity index (χ2v) is 7.08. The van der Waals surface area contributed by atoms with Crippen molar-refractivity contribution in [3.8, 4) is 5.75 Å². The molecule has 1 aromatic rings. The van der Waals surface area contributed by atoms with Crippen LogP contribution in [-0.4, -0.2) is 55.7 Å². The number of methoxy groups -OCH3 is 1. The van der Waals surface area contributed by atoms with Crippen molar-refractivity contribution in [3.63, 3.8) is 0 Å². The number of esters is 2. The van der Waals surface area contributed by atoms with Crippen LogP contribution in [0.15, 0.2) is 24.3 Å². The summed E-state index contributed by atoms with van der Waals surface area (Å²) in [5.41, 5.74) is -0.124. The van der Waals surface area contributed by atoms with Crippen LogP contribution in [0.4, 0.5) is 0 Å². The summed E-state index contributed by atoms with van der Waals surface area (Å²) in [5.74, 6) is -0.307. The number of hydrogen-bond acceptors (Lipinski definition) is 7. The van der Waals surface area contributed by atoms with Crippen LogP contribution in [0.25, 0.3) is 0 Å². The zero-order valence-corrected chi connectivity index (χ0v) is 15.8. The van der Waals surface area contributed by atoms with Gasteiger partial charge in [0.25, 0.3) is 6.41 Å². The lowest BCUT2D eigenvalue weighted by Gasteiger charge is -2.28. The summed E-state index contributed by atoms with van der Waals surface area (Å²) in [6.07, 6.45) is 1.42. The lowest BCUT2D eigenvalue weighted by Crippen LogP contribution is -2.41. The van der Waals surface area contributed by atoms with Gasteiger partial charge in [0.05, 0.1) is 12.7 Å². The van der Waals surface area contributed by atoms with Gasteiger partial charge in [0, 0.05) is 13.1 Å². The molecule has 7 nitrogen and oxygen atoms in total. The zero-order chi connectivity index (χ0) is 19.2. The fourth-order valence-electron chi connectivity index (χ4n) is 2.58. The van der Waals surface area contributed by atoms with E-state index in [4.69, 9.17) is 14.2 Å². The molecule has 0 aromatic heterocycles. The van der Waals surface area contributed by atoms with Crippen LogP contribution >= 0.6 is 0 Å². The molecule has 7 heteroatoms. The van der Waals surface area contributed by atoms with E-state index in [9.17, 15) is 9.59 Å². The second kappa shape index (κ2) is 9.00. The first kappa shape index (κ1) is 20.2. The number of hydrogen-bond donors (Lipinski definition) is 0. The first-order valence-corrected chi connectivity index (χ1v) is 8.71. The van der Waals surface area contributed by atoms with Crippen LogP contribution < -0.4 is 4.74 Å². The van der Waals surface area contributed by atoms with Gasteiger partial charge in [0.1, 0.15) is 18.0 Å². The molecule has 26 heavy (non-hydrogen) atoms. The van der Waals surface area contributed by atoms with Gasteiger partial charge in [-0.2, -0.15) is 0 Å². The quantitative estimate of drug-likeness (QED) is 0.543. The van der Waals surface area contributed by atoms with Crippen molar-refractivity contribution in [2.24, 2.45) is 0 Å². The monoisotopic (exact) mass is 365 g/mol. The Bertz CT molecular complexity index is 601. The standard InChI is InChI=1S/C19H27NO6/c1-19(2,3)26-16(21)13-24-18(20-11-5-6-12-20)25-15-9-7-14(8-10-15)17(22)23-4/h7-10,18H,5-6,11-13H2,1-4H3. The van der Waals surface area contributed by atoms with E-state index in [-0.39, 0.29) is 6.61 Å². The van der Waals surface area contributed by atoms with E-state index < -0.39 is 24.0 Å². The maximum Gasteiger partial charge on any atom is 0.337 e. The molecule has 0 radical (unpaired) electrons. The van der Waals surface area contributed by atoms with Crippen LogP contribution in [0.3, 0.4) is 0 Å². The number of likely N-dealkylation sites (tertiary alicyclic amines) is 1. The van der Waals surface area contributed by atoms with Crippen molar-refractivity contribution in [1.29, 1.82) is 0 Å². The average Bonchev–Trinajstić information content (AvgIpc) is 3.11. The summed E-state index contributed by atoms with van der Waals surface area (Å²) in [6, 6.07) is 6.59. The second-order valence-electron chi connectivity index (χ2n) is 7.08. The number of nitrogens with zero attached hydrogens (tertiary/aromatic N) is 1. The smallest absolute Gasteiger partial charge is 0.337 e. The van der Waals surface area contributed by atoms with E-state index in [1.165, 1.54) is 7.11 Å². The van der Waals surface area contributed by atoms with E-state index in [0.717, 1.165) is 25.9 Å². The molecule has 1 fully saturated rings. The first-order valence-electron chi connectivity index (χ1n) is 8.71. The maximum atomic E-state index is 11.9. The Balaban J connectivity index is 1.98. The predicted octanol–water partition coefficient (Wildman–Crippen LogP) is 2.59. The van der Waals surface area contributed by atoms with Gasteiger partial charge >= 0.3 is 11.9 Å². The molecule has 1 saturated heterocycles. The van der Waals surface area contributed by atoms with Crippen LogP contribution in [0.1, 0.15) is 44.0 Å². The van der Waals surface area contributed by atoms with Crippen LogP contribution in [0, 0.1) is 0 Å². The minimum Gasteiger partial charge on any atom is -0.465 e. The molecular formula is C19H27NO6. The van der Waals surface area contributed by atoms with Gasteiger partial charge in [0.15, 0.2) is 0 Å². The number of ether oxygens (including phenoxy) is 4. The fourth-order valence-corrected chi connectivity index (χ4v) is 2.58. The van der Waals surface area contributed by atoms with Gasteiger partial charge in [-0.05, 0) is 57.9 Å². The van der Waals surface area contributed by atoms with Gasteiger partial charge in [-0.15, -0.1) is 0 Å².